The second-order valence-electron chi connectivity index (χ2n) is 8.28. The van der Waals surface area contributed by atoms with E-state index >= 15 is 0 Å². The lowest BCUT2D eigenvalue weighted by molar-refractivity contribution is 0.102. The molecule has 1 amide bonds. The van der Waals surface area contributed by atoms with Gasteiger partial charge in [0.05, 0.1) is 34.2 Å². The molecule has 3 heterocycles. The molecule has 4 aromatic rings. The van der Waals surface area contributed by atoms with Crippen LogP contribution in [0, 0.1) is 13.8 Å². The zero-order valence-corrected chi connectivity index (χ0v) is 18.1. The number of nitrogens with one attached hydrogen (secondary N) is 1. The summed E-state index contributed by atoms with van der Waals surface area (Å²) in [6, 6.07) is 11.7. The number of aromatic nitrogens is 5. The van der Waals surface area contributed by atoms with Crippen LogP contribution in [-0.4, -0.2) is 30.5 Å². The van der Waals surface area contributed by atoms with Crippen molar-refractivity contribution in [3.63, 3.8) is 0 Å². The van der Waals surface area contributed by atoms with Gasteiger partial charge in [-0.3, -0.25) is 4.79 Å². The van der Waals surface area contributed by atoms with Crippen molar-refractivity contribution in [2.45, 2.75) is 52.5 Å². The van der Waals surface area contributed by atoms with Crippen LogP contribution in [0.1, 0.15) is 59.5 Å². The first-order chi connectivity index (χ1) is 15.0. The van der Waals surface area contributed by atoms with E-state index in [1.807, 2.05) is 59.6 Å². The number of carbonyl (C=O) groups excluding carboxylic acids is 1. The fourth-order valence-electron chi connectivity index (χ4n) is 4.05. The maximum absolute atomic E-state index is 13.5. The van der Waals surface area contributed by atoms with E-state index in [9.17, 15) is 4.79 Å². The number of amides is 1. The van der Waals surface area contributed by atoms with Crippen molar-refractivity contribution in [1.29, 1.82) is 0 Å². The van der Waals surface area contributed by atoms with E-state index in [1.165, 1.54) is 0 Å². The van der Waals surface area contributed by atoms with Crippen LogP contribution in [0.4, 0.5) is 5.69 Å². The molecule has 0 atom stereocenters. The van der Waals surface area contributed by atoms with E-state index in [1.54, 1.807) is 6.20 Å². The lowest BCUT2D eigenvalue weighted by Gasteiger charge is -2.13. The Labute approximate surface area is 181 Å². The molecule has 1 fully saturated rings. The van der Waals surface area contributed by atoms with Crippen LogP contribution in [0.3, 0.4) is 0 Å². The second-order valence-corrected chi connectivity index (χ2v) is 8.28. The molecule has 0 spiro atoms. The summed E-state index contributed by atoms with van der Waals surface area (Å²) in [6.45, 7) is 6.87. The number of para-hydroxylation sites is 2. The lowest BCUT2D eigenvalue weighted by Crippen LogP contribution is -2.16. The van der Waals surface area contributed by atoms with Gasteiger partial charge < -0.3 is 5.32 Å². The summed E-state index contributed by atoms with van der Waals surface area (Å²) in [7, 11) is 0. The highest BCUT2D eigenvalue weighted by Crippen LogP contribution is 2.40. The number of fused-ring (bicyclic) bond motifs is 1. The van der Waals surface area contributed by atoms with Crippen molar-refractivity contribution in [3.8, 4) is 5.69 Å². The number of carbonyl (C=O) groups is 1. The third-order valence-electron chi connectivity index (χ3n) is 5.69. The van der Waals surface area contributed by atoms with Crippen LogP contribution < -0.4 is 5.32 Å². The Morgan fingerprint density at radius 2 is 2.00 bits per heavy atom. The highest BCUT2D eigenvalue weighted by Gasteiger charge is 2.28. The minimum atomic E-state index is -0.153. The van der Waals surface area contributed by atoms with Gasteiger partial charge in [-0.05, 0) is 57.4 Å². The van der Waals surface area contributed by atoms with E-state index in [0.29, 0.717) is 11.5 Å². The molecule has 7 heteroatoms. The van der Waals surface area contributed by atoms with Gasteiger partial charge in [-0.25, -0.2) is 14.3 Å². The van der Waals surface area contributed by atoms with Gasteiger partial charge in [0.2, 0.25) is 0 Å². The minimum Gasteiger partial charge on any atom is -0.320 e. The molecule has 1 aliphatic rings. The van der Waals surface area contributed by atoms with Gasteiger partial charge in [-0.1, -0.05) is 19.1 Å². The number of nitrogens with zero attached hydrogens (tertiary/aromatic N) is 5. The number of hydrogen-bond acceptors (Lipinski definition) is 4. The highest BCUT2D eigenvalue weighted by atomic mass is 16.1. The van der Waals surface area contributed by atoms with E-state index in [4.69, 9.17) is 4.98 Å². The van der Waals surface area contributed by atoms with Crippen molar-refractivity contribution < 1.29 is 4.79 Å². The quantitative estimate of drug-likeness (QED) is 0.493. The molecule has 31 heavy (non-hydrogen) atoms. The van der Waals surface area contributed by atoms with Crippen LogP contribution in [0.5, 0.6) is 0 Å². The number of pyridine rings is 1. The summed E-state index contributed by atoms with van der Waals surface area (Å²) in [6.07, 6.45) is 4.98. The minimum absolute atomic E-state index is 0.153. The first kappa shape index (κ1) is 19.5. The van der Waals surface area contributed by atoms with Crippen molar-refractivity contribution in [3.05, 3.63) is 65.2 Å². The third kappa shape index (κ3) is 3.60. The van der Waals surface area contributed by atoms with Crippen LogP contribution in [-0.2, 0) is 6.54 Å². The van der Waals surface area contributed by atoms with Crippen LogP contribution >= 0.6 is 0 Å². The number of anilines is 1. The predicted molar refractivity (Wildman–Crippen MR) is 121 cm³/mol. The van der Waals surface area contributed by atoms with Crippen LogP contribution in [0.15, 0.2) is 42.6 Å². The molecule has 1 aromatic carbocycles. The average Bonchev–Trinajstić information content (AvgIpc) is 3.45. The Bertz CT molecular complexity index is 1280. The van der Waals surface area contributed by atoms with Gasteiger partial charge in [0.15, 0.2) is 5.65 Å². The molecule has 1 saturated carbocycles. The Kier molecular flexibility index (Phi) is 4.81. The van der Waals surface area contributed by atoms with E-state index in [0.717, 1.165) is 65.3 Å². The molecule has 1 aliphatic carbocycles. The van der Waals surface area contributed by atoms with Gasteiger partial charge in [-0.15, -0.1) is 0 Å². The first-order valence-electron chi connectivity index (χ1n) is 10.9. The average molecular weight is 415 g/mol. The molecule has 1 N–H and O–H groups in total. The number of rotatable bonds is 6. The normalized spacial score (nSPS) is 13.6. The van der Waals surface area contributed by atoms with Crippen molar-refractivity contribution in [2.75, 3.05) is 5.32 Å². The summed E-state index contributed by atoms with van der Waals surface area (Å²) >= 11 is 0. The number of aryl methyl sites for hydroxylation is 3. The third-order valence-corrected chi connectivity index (χ3v) is 5.69. The summed E-state index contributed by atoms with van der Waals surface area (Å²) < 4.78 is 3.77. The maximum Gasteiger partial charge on any atom is 0.256 e. The molecule has 0 bridgehead atoms. The predicted octanol–water partition coefficient (Wildman–Crippen LogP) is 4.77. The first-order valence-corrected chi connectivity index (χ1v) is 10.9. The largest absolute Gasteiger partial charge is 0.320 e. The smallest absolute Gasteiger partial charge is 0.256 e. The Morgan fingerprint density at radius 3 is 2.71 bits per heavy atom. The summed E-state index contributed by atoms with van der Waals surface area (Å²) in [4.78, 5) is 18.3. The number of benzene rings is 1. The molecule has 0 radical (unpaired) electrons. The van der Waals surface area contributed by atoms with E-state index in [2.05, 4.69) is 22.4 Å². The van der Waals surface area contributed by atoms with Crippen LogP contribution in [0.2, 0.25) is 0 Å². The Morgan fingerprint density at radius 1 is 1.19 bits per heavy atom. The topological polar surface area (TPSA) is 77.6 Å². The molecule has 0 aliphatic heterocycles. The van der Waals surface area contributed by atoms with E-state index < -0.39 is 0 Å². The molecular weight excluding hydrogens is 388 g/mol. The summed E-state index contributed by atoms with van der Waals surface area (Å²) in [5.41, 5.74) is 5.92. The van der Waals surface area contributed by atoms with Gasteiger partial charge in [-0.2, -0.15) is 10.2 Å². The monoisotopic (exact) mass is 414 g/mol. The fraction of sp³-hybridized carbons (Fsp3) is 0.333. The Hall–Kier alpha value is -3.48. The molecule has 5 rings (SSSR count). The maximum atomic E-state index is 13.5. The standard InChI is InChI=1S/C24H26N6O/c1-4-11-29-23-19(14-25-29)18(13-21(26-23)17-9-10-17)24(31)27-20-7-5-6-8-22(20)30-16(3)12-15(2)28-30/h5-8,12-14,17H,4,9-11H2,1-3H3,(H,27,31). The van der Waals surface area contributed by atoms with Gasteiger partial charge in [0.25, 0.3) is 5.91 Å². The van der Waals surface area contributed by atoms with Gasteiger partial charge in [0, 0.05) is 23.9 Å². The zero-order valence-electron chi connectivity index (χ0n) is 18.1. The molecule has 3 aromatic heterocycles. The van der Waals surface area contributed by atoms with Crippen molar-refractivity contribution in [2.24, 2.45) is 0 Å². The molecule has 0 unspecified atom stereocenters. The number of hydrogen-bond donors (Lipinski definition) is 1. The van der Waals surface area contributed by atoms with Crippen molar-refractivity contribution >= 4 is 22.6 Å². The van der Waals surface area contributed by atoms with Gasteiger partial charge in [0.1, 0.15) is 0 Å². The SMILES string of the molecule is CCCn1ncc2c(C(=O)Nc3ccccc3-n3nc(C)cc3C)cc(C3CC3)nc21. The van der Waals surface area contributed by atoms with Crippen LogP contribution in [0.25, 0.3) is 16.7 Å². The zero-order chi connectivity index (χ0) is 21.5. The molecule has 0 saturated heterocycles. The van der Waals surface area contributed by atoms with E-state index in [-0.39, 0.29) is 5.91 Å². The summed E-state index contributed by atoms with van der Waals surface area (Å²) in [5.74, 6) is 0.294. The second kappa shape index (κ2) is 7.65. The Balaban J connectivity index is 1.55. The fourth-order valence-corrected chi connectivity index (χ4v) is 4.05. The van der Waals surface area contributed by atoms with Gasteiger partial charge >= 0.3 is 0 Å². The molecule has 158 valence electrons. The lowest BCUT2D eigenvalue weighted by atomic mass is 10.1. The highest BCUT2D eigenvalue weighted by molar-refractivity contribution is 6.12. The van der Waals surface area contributed by atoms with Crippen molar-refractivity contribution in [1.82, 2.24) is 24.5 Å². The molecular formula is C24H26N6O. The summed E-state index contributed by atoms with van der Waals surface area (Å²) in [5, 5.41) is 13.0. The molecule has 7 nitrogen and oxygen atoms in total.